The highest BCUT2D eigenvalue weighted by Crippen LogP contribution is 2.46. The molecular formula is C16H19NO3. The summed E-state index contributed by atoms with van der Waals surface area (Å²) >= 11 is 0. The van der Waals surface area contributed by atoms with E-state index in [9.17, 15) is 0 Å². The molecule has 2 heterocycles. The molecule has 1 aromatic carbocycles. The maximum Gasteiger partial charge on any atom is 0.175 e. The van der Waals surface area contributed by atoms with E-state index in [-0.39, 0.29) is 6.61 Å². The van der Waals surface area contributed by atoms with Crippen LogP contribution in [0.4, 0.5) is 0 Å². The lowest BCUT2D eigenvalue weighted by atomic mass is 10.1. The second kappa shape index (κ2) is 4.79. The molecule has 2 fully saturated rings. The summed E-state index contributed by atoms with van der Waals surface area (Å²) in [6.07, 6.45) is 5.05. The van der Waals surface area contributed by atoms with E-state index in [0.29, 0.717) is 19.1 Å². The molecule has 2 unspecified atom stereocenters. The Morgan fingerprint density at radius 2 is 2.25 bits per heavy atom. The third-order valence-corrected chi connectivity index (χ3v) is 4.15. The topological polar surface area (TPSA) is 45.6 Å². The van der Waals surface area contributed by atoms with Crippen LogP contribution in [0.5, 0.6) is 5.75 Å². The Balaban J connectivity index is 1.60. The maximum absolute atomic E-state index is 8.86. The Hall–Kier alpha value is -1.52. The van der Waals surface area contributed by atoms with E-state index in [1.807, 2.05) is 6.07 Å². The van der Waals surface area contributed by atoms with E-state index in [2.05, 4.69) is 17.0 Å². The number of nitrogens with zero attached hydrogens (tertiary/aromatic N) is 1. The second-order valence-corrected chi connectivity index (χ2v) is 5.73. The minimum atomic E-state index is 0.152. The van der Waals surface area contributed by atoms with Gasteiger partial charge in [-0.2, -0.15) is 0 Å². The molecule has 0 amide bonds. The van der Waals surface area contributed by atoms with E-state index in [0.717, 1.165) is 22.8 Å². The fraction of sp³-hybridized carbons (Fsp3) is 0.500. The molecule has 0 bridgehead atoms. The van der Waals surface area contributed by atoms with Crippen LogP contribution in [-0.2, 0) is 0 Å². The number of ether oxygens (including phenoxy) is 1. The van der Waals surface area contributed by atoms with E-state index in [1.165, 1.54) is 24.9 Å². The Bertz CT molecular complexity index is 617. The molecule has 4 rings (SSSR count). The number of fused-ring (bicyclic) bond motifs is 1. The molecule has 0 radical (unpaired) electrons. The summed E-state index contributed by atoms with van der Waals surface area (Å²) in [6, 6.07) is 7.68. The van der Waals surface area contributed by atoms with Gasteiger partial charge in [0.1, 0.15) is 0 Å². The van der Waals surface area contributed by atoms with Crippen LogP contribution in [-0.4, -0.2) is 35.8 Å². The van der Waals surface area contributed by atoms with Crippen LogP contribution in [0.1, 0.15) is 30.9 Å². The first-order chi connectivity index (χ1) is 9.86. The molecule has 1 saturated heterocycles. The predicted molar refractivity (Wildman–Crippen MR) is 75.9 cm³/mol. The molecule has 1 aliphatic heterocycles. The average Bonchev–Trinajstić information content (AvgIpc) is 3.34. The standard InChI is InChI=1S/C16H19NO3/c18-5-1-6-19-15-9-12(8-11-4-7-20-16(11)15)14-10-17(14)13-2-3-13/h4,7-9,13-14,18H,1-3,5-6,10H2. The highest BCUT2D eigenvalue weighted by molar-refractivity contribution is 5.84. The van der Waals surface area contributed by atoms with Crippen LogP contribution in [0.15, 0.2) is 28.9 Å². The number of rotatable bonds is 6. The fourth-order valence-corrected chi connectivity index (χ4v) is 2.88. The highest BCUT2D eigenvalue weighted by atomic mass is 16.5. The van der Waals surface area contributed by atoms with Gasteiger partial charge in [0, 0.05) is 37.0 Å². The van der Waals surface area contributed by atoms with Crippen molar-refractivity contribution in [2.45, 2.75) is 31.3 Å². The molecular weight excluding hydrogens is 254 g/mol. The summed E-state index contributed by atoms with van der Waals surface area (Å²) in [4.78, 5) is 2.55. The molecule has 2 aromatic rings. The number of hydrogen-bond donors (Lipinski definition) is 1. The molecule has 2 aliphatic rings. The summed E-state index contributed by atoms with van der Waals surface area (Å²) in [5.41, 5.74) is 2.13. The summed E-state index contributed by atoms with van der Waals surface area (Å²) < 4.78 is 11.3. The Labute approximate surface area is 117 Å². The van der Waals surface area contributed by atoms with Gasteiger partial charge in [-0.15, -0.1) is 0 Å². The number of benzene rings is 1. The molecule has 1 N–H and O–H groups in total. The first kappa shape index (κ1) is 12.2. The van der Waals surface area contributed by atoms with Crippen LogP contribution in [0.3, 0.4) is 0 Å². The number of aliphatic hydroxyl groups excluding tert-OH is 1. The summed E-state index contributed by atoms with van der Waals surface area (Å²) in [7, 11) is 0. The van der Waals surface area contributed by atoms with Crippen molar-refractivity contribution < 1.29 is 14.3 Å². The quantitative estimate of drug-likeness (QED) is 0.649. The van der Waals surface area contributed by atoms with Gasteiger partial charge in [0.25, 0.3) is 0 Å². The zero-order chi connectivity index (χ0) is 13.5. The summed E-state index contributed by atoms with van der Waals surface area (Å²) in [6.45, 7) is 1.84. The first-order valence-electron chi connectivity index (χ1n) is 7.37. The van der Waals surface area contributed by atoms with Gasteiger partial charge in [-0.25, -0.2) is 0 Å². The molecule has 4 heteroatoms. The first-order valence-corrected chi connectivity index (χ1v) is 7.37. The smallest absolute Gasteiger partial charge is 0.175 e. The lowest BCUT2D eigenvalue weighted by Crippen LogP contribution is -2.02. The van der Waals surface area contributed by atoms with E-state index < -0.39 is 0 Å². The minimum absolute atomic E-state index is 0.152. The number of hydrogen-bond acceptors (Lipinski definition) is 4. The second-order valence-electron chi connectivity index (χ2n) is 5.73. The average molecular weight is 273 g/mol. The zero-order valence-corrected chi connectivity index (χ0v) is 11.4. The van der Waals surface area contributed by atoms with Crippen LogP contribution >= 0.6 is 0 Å². The molecule has 1 aliphatic carbocycles. The maximum atomic E-state index is 8.86. The molecule has 2 atom stereocenters. The van der Waals surface area contributed by atoms with Crippen molar-refractivity contribution >= 4 is 11.0 Å². The van der Waals surface area contributed by atoms with Crippen molar-refractivity contribution in [2.24, 2.45) is 0 Å². The van der Waals surface area contributed by atoms with Gasteiger partial charge in [0.2, 0.25) is 0 Å². The number of furan rings is 1. The molecule has 1 aromatic heterocycles. The zero-order valence-electron chi connectivity index (χ0n) is 11.4. The van der Waals surface area contributed by atoms with Gasteiger partial charge in [-0.1, -0.05) is 0 Å². The van der Waals surface area contributed by atoms with Crippen molar-refractivity contribution in [3.05, 3.63) is 30.0 Å². The molecule has 0 spiro atoms. The van der Waals surface area contributed by atoms with Crippen molar-refractivity contribution in [3.8, 4) is 5.75 Å². The van der Waals surface area contributed by atoms with Gasteiger partial charge in [0.05, 0.1) is 12.9 Å². The van der Waals surface area contributed by atoms with Gasteiger partial charge < -0.3 is 14.3 Å². The monoisotopic (exact) mass is 273 g/mol. The summed E-state index contributed by atoms with van der Waals surface area (Å²) in [5.74, 6) is 0.804. The molecule has 106 valence electrons. The molecule has 1 saturated carbocycles. The predicted octanol–water partition coefficient (Wildman–Crippen LogP) is 2.71. The van der Waals surface area contributed by atoms with Crippen LogP contribution < -0.4 is 4.74 Å². The third-order valence-electron chi connectivity index (χ3n) is 4.15. The van der Waals surface area contributed by atoms with Crippen molar-refractivity contribution in [3.63, 3.8) is 0 Å². The highest BCUT2D eigenvalue weighted by Gasteiger charge is 2.45. The molecule has 20 heavy (non-hydrogen) atoms. The molecule has 4 nitrogen and oxygen atoms in total. The van der Waals surface area contributed by atoms with Gasteiger partial charge in [-0.3, -0.25) is 4.90 Å². The minimum Gasteiger partial charge on any atom is -0.490 e. The third kappa shape index (κ3) is 2.19. The van der Waals surface area contributed by atoms with Gasteiger partial charge in [-0.05, 0) is 36.6 Å². The van der Waals surface area contributed by atoms with Gasteiger partial charge >= 0.3 is 0 Å². The van der Waals surface area contributed by atoms with E-state index in [4.69, 9.17) is 14.3 Å². The lowest BCUT2D eigenvalue weighted by Gasteiger charge is -2.09. The van der Waals surface area contributed by atoms with Crippen LogP contribution in [0.2, 0.25) is 0 Å². The van der Waals surface area contributed by atoms with Crippen LogP contribution in [0.25, 0.3) is 11.0 Å². The van der Waals surface area contributed by atoms with E-state index >= 15 is 0 Å². The fourth-order valence-electron chi connectivity index (χ4n) is 2.88. The largest absolute Gasteiger partial charge is 0.490 e. The Kier molecular flexibility index (Phi) is 2.93. The van der Waals surface area contributed by atoms with Gasteiger partial charge in [0.15, 0.2) is 11.3 Å². The van der Waals surface area contributed by atoms with Crippen molar-refractivity contribution in [2.75, 3.05) is 19.8 Å². The van der Waals surface area contributed by atoms with E-state index in [1.54, 1.807) is 6.26 Å². The van der Waals surface area contributed by atoms with Crippen molar-refractivity contribution in [1.29, 1.82) is 0 Å². The SMILES string of the molecule is OCCCOc1cc(C2CN2C2CC2)cc2ccoc12. The van der Waals surface area contributed by atoms with Crippen LogP contribution in [0, 0.1) is 0 Å². The Morgan fingerprint density at radius 1 is 1.35 bits per heavy atom. The lowest BCUT2D eigenvalue weighted by molar-refractivity contribution is 0.233. The Morgan fingerprint density at radius 3 is 3.05 bits per heavy atom. The normalized spacial score (nSPS) is 25.1. The summed E-state index contributed by atoms with van der Waals surface area (Å²) in [5, 5.41) is 9.96. The van der Waals surface area contributed by atoms with Crippen molar-refractivity contribution in [1.82, 2.24) is 4.90 Å². The number of aliphatic hydroxyl groups is 1.